The van der Waals surface area contributed by atoms with Gasteiger partial charge in [0.1, 0.15) is 0 Å². The van der Waals surface area contributed by atoms with Crippen LogP contribution in [-0.2, 0) is 16.4 Å². The summed E-state index contributed by atoms with van der Waals surface area (Å²) in [4.78, 5) is 12.5. The molecule has 1 atom stereocenters. The molecule has 0 saturated heterocycles. The minimum Gasteiger partial charge on any atom is -0.345 e. The SMILES string of the molecule is CNS(=O)(=O)c1cccc(C(=O)NC2CCc3ccccc32)c1. The van der Waals surface area contributed by atoms with Crippen LogP contribution >= 0.6 is 0 Å². The zero-order valence-electron chi connectivity index (χ0n) is 12.7. The van der Waals surface area contributed by atoms with E-state index < -0.39 is 10.0 Å². The third-order valence-corrected chi connectivity index (χ3v) is 5.53. The normalized spacial score (nSPS) is 16.8. The number of sulfonamides is 1. The lowest BCUT2D eigenvalue weighted by molar-refractivity contribution is 0.0936. The Morgan fingerprint density at radius 1 is 1.13 bits per heavy atom. The van der Waals surface area contributed by atoms with Crippen LogP contribution in [0.3, 0.4) is 0 Å². The van der Waals surface area contributed by atoms with Gasteiger partial charge in [-0.25, -0.2) is 13.1 Å². The summed E-state index contributed by atoms with van der Waals surface area (Å²) in [5, 5.41) is 2.99. The Morgan fingerprint density at radius 3 is 2.70 bits per heavy atom. The van der Waals surface area contributed by atoms with Crippen LogP contribution in [0.25, 0.3) is 0 Å². The van der Waals surface area contributed by atoms with Crippen LogP contribution in [0.4, 0.5) is 0 Å². The molecule has 1 unspecified atom stereocenters. The molecular formula is C17H18N2O3S. The molecule has 2 aromatic rings. The van der Waals surface area contributed by atoms with E-state index in [0.29, 0.717) is 5.56 Å². The third-order valence-electron chi connectivity index (χ3n) is 4.11. The first kappa shape index (κ1) is 15.7. The number of rotatable bonds is 4. The summed E-state index contributed by atoms with van der Waals surface area (Å²) in [5.74, 6) is -0.264. The molecule has 2 N–H and O–H groups in total. The standard InChI is InChI=1S/C17H18N2O3S/c1-18-23(21,22)14-7-4-6-13(11-14)17(20)19-16-10-9-12-5-2-3-8-15(12)16/h2-8,11,16,18H,9-10H2,1H3,(H,19,20). The summed E-state index contributed by atoms with van der Waals surface area (Å²) in [6, 6.07) is 14.1. The molecule has 0 bridgehead atoms. The number of amides is 1. The van der Waals surface area contributed by atoms with Crippen molar-refractivity contribution in [2.75, 3.05) is 7.05 Å². The van der Waals surface area contributed by atoms with Gasteiger partial charge in [-0.1, -0.05) is 30.3 Å². The number of fused-ring (bicyclic) bond motifs is 1. The van der Waals surface area contributed by atoms with Gasteiger partial charge in [0, 0.05) is 5.56 Å². The zero-order valence-corrected chi connectivity index (χ0v) is 13.6. The van der Waals surface area contributed by atoms with Crippen molar-refractivity contribution >= 4 is 15.9 Å². The smallest absolute Gasteiger partial charge is 0.251 e. The summed E-state index contributed by atoms with van der Waals surface area (Å²) in [5.41, 5.74) is 2.73. The number of carbonyl (C=O) groups excluding carboxylic acids is 1. The highest BCUT2D eigenvalue weighted by molar-refractivity contribution is 7.89. The Morgan fingerprint density at radius 2 is 1.91 bits per heavy atom. The van der Waals surface area contributed by atoms with Gasteiger partial charge in [-0.3, -0.25) is 4.79 Å². The fourth-order valence-electron chi connectivity index (χ4n) is 2.87. The minimum atomic E-state index is -3.56. The second-order valence-corrected chi connectivity index (χ2v) is 7.39. The van der Waals surface area contributed by atoms with Gasteiger partial charge in [-0.05, 0) is 49.2 Å². The van der Waals surface area contributed by atoms with Gasteiger partial charge < -0.3 is 5.32 Å². The van der Waals surface area contributed by atoms with Crippen molar-refractivity contribution < 1.29 is 13.2 Å². The van der Waals surface area contributed by atoms with E-state index in [9.17, 15) is 13.2 Å². The number of aryl methyl sites for hydroxylation is 1. The van der Waals surface area contributed by atoms with Crippen molar-refractivity contribution in [3.63, 3.8) is 0 Å². The maximum atomic E-state index is 12.5. The van der Waals surface area contributed by atoms with E-state index in [4.69, 9.17) is 0 Å². The van der Waals surface area contributed by atoms with E-state index in [2.05, 4.69) is 16.1 Å². The van der Waals surface area contributed by atoms with E-state index in [1.165, 1.54) is 24.7 Å². The molecule has 1 aliphatic carbocycles. The fourth-order valence-corrected chi connectivity index (χ4v) is 3.65. The van der Waals surface area contributed by atoms with Gasteiger partial charge in [0.2, 0.25) is 10.0 Å². The van der Waals surface area contributed by atoms with Crippen molar-refractivity contribution in [3.05, 3.63) is 65.2 Å². The second kappa shape index (κ2) is 6.14. The predicted molar refractivity (Wildman–Crippen MR) is 87.7 cm³/mol. The minimum absolute atomic E-state index is 0.0248. The Balaban J connectivity index is 1.81. The van der Waals surface area contributed by atoms with Crippen molar-refractivity contribution in [3.8, 4) is 0 Å². The number of nitrogens with one attached hydrogen (secondary N) is 2. The van der Waals surface area contributed by atoms with Crippen LogP contribution in [0.15, 0.2) is 53.4 Å². The average Bonchev–Trinajstić information content (AvgIpc) is 2.98. The van der Waals surface area contributed by atoms with E-state index >= 15 is 0 Å². The quantitative estimate of drug-likeness (QED) is 0.900. The third kappa shape index (κ3) is 3.13. The van der Waals surface area contributed by atoms with Crippen molar-refractivity contribution in [2.45, 2.75) is 23.8 Å². The molecule has 23 heavy (non-hydrogen) atoms. The van der Waals surface area contributed by atoms with Crippen LogP contribution in [-0.4, -0.2) is 21.4 Å². The largest absolute Gasteiger partial charge is 0.345 e. The molecule has 1 amide bonds. The first-order valence-electron chi connectivity index (χ1n) is 7.43. The molecule has 0 saturated carbocycles. The molecule has 0 heterocycles. The molecule has 0 fully saturated rings. The summed E-state index contributed by atoms with van der Waals surface area (Å²) in [7, 11) is -2.22. The molecule has 0 spiro atoms. The maximum absolute atomic E-state index is 12.5. The summed E-state index contributed by atoms with van der Waals surface area (Å²) in [6.07, 6.45) is 1.80. The summed E-state index contributed by atoms with van der Waals surface area (Å²) in [6.45, 7) is 0. The molecule has 0 radical (unpaired) electrons. The van der Waals surface area contributed by atoms with Gasteiger partial charge in [-0.15, -0.1) is 0 Å². The van der Waals surface area contributed by atoms with Crippen LogP contribution < -0.4 is 10.0 Å². The molecule has 0 aliphatic heterocycles. The zero-order chi connectivity index (χ0) is 16.4. The average molecular weight is 330 g/mol. The number of hydrogen-bond acceptors (Lipinski definition) is 3. The lowest BCUT2D eigenvalue weighted by Crippen LogP contribution is -2.27. The summed E-state index contributed by atoms with van der Waals surface area (Å²) >= 11 is 0. The number of carbonyl (C=O) groups is 1. The number of hydrogen-bond donors (Lipinski definition) is 2. The highest BCUT2D eigenvalue weighted by Gasteiger charge is 2.24. The highest BCUT2D eigenvalue weighted by atomic mass is 32.2. The van der Waals surface area contributed by atoms with Gasteiger partial charge in [0.15, 0.2) is 0 Å². The van der Waals surface area contributed by atoms with Crippen molar-refractivity contribution in [1.82, 2.24) is 10.0 Å². The molecule has 2 aromatic carbocycles. The predicted octanol–water partition coefficient (Wildman–Crippen LogP) is 2.01. The molecule has 5 nitrogen and oxygen atoms in total. The molecule has 0 aromatic heterocycles. The first-order valence-corrected chi connectivity index (χ1v) is 8.92. The lowest BCUT2D eigenvalue weighted by atomic mass is 10.1. The Kier molecular flexibility index (Phi) is 4.19. The van der Waals surface area contributed by atoms with Gasteiger partial charge in [0.05, 0.1) is 10.9 Å². The Labute approximate surface area is 135 Å². The van der Waals surface area contributed by atoms with Crippen molar-refractivity contribution in [2.24, 2.45) is 0 Å². The molecule has 1 aliphatic rings. The topological polar surface area (TPSA) is 75.3 Å². The monoisotopic (exact) mass is 330 g/mol. The van der Waals surface area contributed by atoms with Crippen LogP contribution in [0.1, 0.15) is 33.9 Å². The Hall–Kier alpha value is -2.18. The van der Waals surface area contributed by atoms with Crippen molar-refractivity contribution in [1.29, 1.82) is 0 Å². The van der Waals surface area contributed by atoms with E-state index in [-0.39, 0.29) is 16.8 Å². The summed E-state index contributed by atoms with van der Waals surface area (Å²) < 4.78 is 25.9. The van der Waals surface area contributed by atoms with Gasteiger partial charge in [0.25, 0.3) is 5.91 Å². The van der Waals surface area contributed by atoms with E-state index in [0.717, 1.165) is 18.4 Å². The fraction of sp³-hybridized carbons (Fsp3) is 0.235. The van der Waals surface area contributed by atoms with Gasteiger partial charge in [-0.2, -0.15) is 0 Å². The highest BCUT2D eigenvalue weighted by Crippen LogP contribution is 2.30. The maximum Gasteiger partial charge on any atom is 0.251 e. The molecule has 120 valence electrons. The first-order chi connectivity index (χ1) is 11.0. The second-order valence-electron chi connectivity index (χ2n) is 5.50. The molecular weight excluding hydrogens is 312 g/mol. The molecule has 6 heteroatoms. The lowest BCUT2D eigenvalue weighted by Gasteiger charge is -2.14. The van der Waals surface area contributed by atoms with Crippen LogP contribution in [0.5, 0.6) is 0 Å². The Bertz CT molecular complexity index is 846. The van der Waals surface area contributed by atoms with Crippen LogP contribution in [0.2, 0.25) is 0 Å². The van der Waals surface area contributed by atoms with E-state index in [1.54, 1.807) is 12.1 Å². The van der Waals surface area contributed by atoms with E-state index in [1.807, 2.05) is 18.2 Å². The van der Waals surface area contributed by atoms with Gasteiger partial charge >= 0.3 is 0 Å². The van der Waals surface area contributed by atoms with Crippen LogP contribution in [0, 0.1) is 0 Å². The number of benzene rings is 2. The molecule has 3 rings (SSSR count).